The summed E-state index contributed by atoms with van der Waals surface area (Å²) in [7, 11) is 0. The quantitative estimate of drug-likeness (QED) is 0.577. The molecule has 2 heterocycles. The Kier molecular flexibility index (Phi) is 7.30. The predicted octanol–water partition coefficient (Wildman–Crippen LogP) is 5.26. The van der Waals surface area contributed by atoms with Crippen LogP contribution in [0.2, 0.25) is 0 Å². The van der Waals surface area contributed by atoms with Gasteiger partial charge in [-0.2, -0.15) is 10.5 Å². The Morgan fingerprint density at radius 3 is 2.54 bits per heavy atom. The molecule has 9 heteroatoms. The molecule has 0 unspecified atom stereocenters. The molecule has 0 radical (unpaired) electrons. The van der Waals surface area contributed by atoms with Gasteiger partial charge in [0.2, 0.25) is 5.91 Å². The maximum Gasteiger partial charge on any atom is 0.411 e. The lowest BCUT2D eigenvalue weighted by Gasteiger charge is -2.41. The number of thiophene rings is 1. The highest BCUT2D eigenvalue weighted by Gasteiger charge is 2.58. The molecule has 1 saturated heterocycles. The van der Waals surface area contributed by atoms with E-state index < -0.39 is 35.5 Å². The lowest BCUT2D eigenvalue weighted by atomic mass is 9.83. The van der Waals surface area contributed by atoms with Gasteiger partial charge < -0.3 is 10.1 Å². The van der Waals surface area contributed by atoms with Crippen molar-refractivity contribution in [3.8, 4) is 22.6 Å². The molecule has 1 aliphatic carbocycles. The fourth-order valence-electron chi connectivity index (χ4n) is 5.55. The molecule has 4 rings (SSSR count). The van der Waals surface area contributed by atoms with E-state index in [2.05, 4.69) is 31.3 Å². The number of nitriles is 2. The maximum absolute atomic E-state index is 14.9. The third-order valence-corrected chi connectivity index (χ3v) is 8.55. The van der Waals surface area contributed by atoms with Crippen LogP contribution in [0.1, 0.15) is 51.5 Å². The van der Waals surface area contributed by atoms with Crippen molar-refractivity contribution in [1.82, 2.24) is 10.2 Å². The number of rotatable bonds is 5. The van der Waals surface area contributed by atoms with Crippen LogP contribution in [0.5, 0.6) is 0 Å². The molecule has 1 aromatic carbocycles. The van der Waals surface area contributed by atoms with Crippen LogP contribution in [0.3, 0.4) is 0 Å². The van der Waals surface area contributed by atoms with Crippen molar-refractivity contribution >= 4 is 23.3 Å². The molecule has 0 spiro atoms. The summed E-state index contributed by atoms with van der Waals surface area (Å²) >= 11 is 1.27. The lowest BCUT2D eigenvalue weighted by Crippen LogP contribution is -2.58. The fourth-order valence-corrected chi connectivity index (χ4v) is 6.35. The lowest BCUT2D eigenvalue weighted by molar-refractivity contribution is -0.130. The highest BCUT2D eigenvalue weighted by atomic mass is 32.1. The van der Waals surface area contributed by atoms with E-state index in [-0.39, 0.29) is 30.2 Å². The summed E-state index contributed by atoms with van der Waals surface area (Å²) in [5, 5.41) is 21.5. The van der Waals surface area contributed by atoms with E-state index >= 15 is 0 Å². The number of piperidine rings is 1. The molecule has 2 bridgehead atoms. The van der Waals surface area contributed by atoms with E-state index in [1.807, 2.05) is 0 Å². The first-order chi connectivity index (χ1) is 17.4. The average Bonchev–Trinajstić information content (AvgIpc) is 3.53. The van der Waals surface area contributed by atoms with Crippen molar-refractivity contribution in [3.05, 3.63) is 46.6 Å². The number of halogens is 1. The molecule has 7 nitrogen and oxygen atoms in total. The molecular formula is C28H31FN4O3S. The Morgan fingerprint density at radius 2 is 1.95 bits per heavy atom. The number of likely N-dealkylation sites (tertiary alicyclic amines) is 1. The van der Waals surface area contributed by atoms with E-state index in [0.29, 0.717) is 22.4 Å². The van der Waals surface area contributed by atoms with Gasteiger partial charge in [0.15, 0.2) is 0 Å². The largest absolute Gasteiger partial charge is 0.444 e. The Labute approximate surface area is 220 Å². The van der Waals surface area contributed by atoms with Gasteiger partial charge in [0.25, 0.3) is 0 Å². The van der Waals surface area contributed by atoms with Gasteiger partial charge >= 0.3 is 6.09 Å². The van der Waals surface area contributed by atoms with E-state index in [0.717, 1.165) is 4.88 Å². The number of hydrogen-bond donors (Lipinski definition) is 1. The van der Waals surface area contributed by atoms with Crippen molar-refractivity contribution in [1.29, 1.82) is 10.5 Å². The number of ether oxygens (including phenoxy) is 1. The Balaban J connectivity index is 1.49. The summed E-state index contributed by atoms with van der Waals surface area (Å²) in [6, 6.07) is 10.5. The Morgan fingerprint density at radius 1 is 1.22 bits per heavy atom. The summed E-state index contributed by atoms with van der Waals surface area (Å²) in [6.07, 6.45) is 0.173. The second kappa shape index (κ2) is 10.1. The zero-order valence-electron chi connectivity index (χ0n) is 21.6. The normalized spacial score (nSPS) is 25.3. The molecule has 6 atom stereocenters. The Bertz CT molecular complexity index is 1290. The third kappa shape index (κ3) is 5.33. The van der Waals surface area contributed by atoms with Crippen molar-refractivity contribution in [2.45, 2.75) is 71.2 Å². The number of fused-ring (bicyclic) bond motifs is 2. The van der Waals surface area contributed by atoms with Gasteiger partial charge in [0, 0.05) is 17.3 Å². The van der Waals surface area contributed by atoms with Gasteiger partial charge in [-0.15, -0.1) is 11.3 Å². The average molecular weight is 523 g/mol. The zero-order valence-corrected chi connectivity index (χ0v) is 22.4. The molecular weight excluding hydrogens is 491 g/mol. The molecule has 1 aliphatic heterocycles. The zero-order chi connectivity index (χ0) is 27.1. The maximum atomic E-state index is 14.9. The van der Waals surface area contributed by atoms with Crippen LogP contribution in [-0.2, 0) is 16.0 Å². The van der Waals surface area contributed by atoms with Crippen LogP contribution in [0.4, 0.5) is 9.18 Å². The highest BCUT2D eigenvalue weighted by Crippen LogP contribution is 2.50. The summed E-state index contributed by atoms with van der Waals surface area (Å²) in [6.45, 7) is 9.53. The van der Waals surface area contributed by atoms with Gasteiger partial charge in [-0.1, -0.05) is 26.0 Å². The van der Waals surface area contributed by atoms with Crippen molar-refractivity contribution in [2.75, 3.05) is 0 Å². The summed E-state index contributed by atoms with van der Waals surface area (Å²) in [4.78, 5) is 29.4. The van der Waals surface area contributed by atoms with Crippen molar-refractivity contribution < 1.29 is 18.7 Å². The molecule has 1 saturated carbocycles. The molecule has 2 fully saturated rings. The SMILES string of the molecule is C[C@@H]1[C@H](C)[C@@H]2C[C@H]1[C@@H](C(=O)N[C@H](C#N)Cc1ccc(-c3ccc(C#N)s3)cc1F)N2C(=O)OC(C)(C)C. The fraction of sp³-hybridized carbons (Fsp3) is 0.500. The number of amides is 2. The van der Waals surface area contributed by atoms with E-state index in [1.165, 1.54) is 17.4 Å². The van der Waals surface area contributed by atoms with E-state index in [4.69, 9.17) is 10.00 Å². The first kappa shape index (κ1) is 26.6. The van der Waals surface area contributed by atoms with Gasteiger partial charge in [-0.3, -0.25) is 9.69 Å². The van der Waals surface area contributed by atoms with Crippen molar-refractivity contribution in [2.24, 2.45) is 17.8 Å². The van der Waals surface area contributed by atoms with Gasteiger partial charge in [-0.05, 0) is 74.3 Å². The summed E-state index contributed by atoms with van der Waals surface area (Å²) in [5.74, 6) is -0.468. The van der Waals surface area contributed by atoms with Crippen LogP contribution in [-0.4, -0.2) is 40.6 Å². The standard InChI is InChI=1S/C28H31FN4O3S/c1-15-16(2)23-12-21(15)25(33(23)27(35)36-28(3,4)5)26(34)32-19(13-30)10-17-6-7-18(11-22(17)29)24-9-8-20(14-31)37-24/h6-9,11,15-16,19,21,23,25H,10,12H2,1-5H3,(H,32,34)/t15-,16+,19+,21-,23+,25+/m1/s1. The molecule has 194 valence electrons. The first-order valence-corrected chi connectivity index (χ1v) is 13.2. The molecule has 37 heavy (non-hydrogen) atoms. The van der Waals surface area contributed by atoms with Gasteiger partial charge in [0.05, 0.1) is 6.07 Å². The van der Waals surface area contributed by atoms with E-state index in [1.54, 1.807) is 49.9 Å². The minimum atomic E-state index is -0.966. The van der Waals surface area contributed by atoms with E-state index in [9.17, 15) is 19.2 Å². The van der Waals surface area contributed by atoms with Crippen LogP contribution in [0.15, 0.2) is 30.3 Å². The minimum absolute atomic E-state index is 0.0125. The molecule has 1 N–H and O–H groups in total. The second-order valence-electron chi connectivity index (χ2n) is 11.0. The number of nitrogens with zero attached hydrogens (tertiary/aromatic N) is 3. The molecule has 1 aromatic heterocycles. The minimum Gasteiger partial charge on any atom is -0.444 e. The number of benzene rings is 1. The number of nitrogens with one attached hydrogen (secondary N) is 1. The van der Waals surface area contributed by atoms with Crippen LogP contribution >= 0.6 is 11.3 Å². The molecule has 2 aromatic rings. The monoisotopic (exact) mass is 522 g/mol. The number of carbonyl (C=O) groups excluding carboxylic acids is 2. The first-order valence-electron chi connectivity index (χ1n) is 12.4. The highest BCUT2D eigenvalue weighted by molar-refractivity contribution is 7.16. The third-order valence-electron chi connectivity index (χ3n) is 7.51. The topological polar surface area (TPSA) is 106 Å². The number of hydrogen-bond acceptors (Lipinski definition) is 6. The predicted molar refractivity (Wildman–Crippen MR) is 138 cm³/mol. The summed E-state index contributed by atoms with van der Waals surface area (Å²) < 4.78 is 20.6. The molecule has 2 amide bonds. The van der Waals surface area contributed by atoms with Crippen LogP contribution in [0.25, 0.3) is 10.4 Å². The second-order valence-corrected chi connectivity index (χ2v) is 12.1. The molecule has 2 aliphatic rings. The smallest absolute Gasteiger partial charge is 0.411 e. The number of carbonyl (C=O) groups is 2. The van der Waals surface area contributed by atoms with Crippen LogP contribution in [0, 0.1) is 46.2 Å². The van der Waals surface area contributed by atoms with Crippen LogP contribution < -0.4 is 5.32 Å². The van der Waals surface area contributed by atoms with Crippen molar-refractivity contribution in [3.63, 3.8) is 0 Å². The Hall–Kier alpha value is -3.43. The van der Waals surface area contributed by atoms with Gasteiger partial charge in [-0.25, -0.2) is 9.18 Å². The van der Waals surface area contributed by atoms with Gasteiger partial charge in [0.1, 0.15) is 34.4 Å². The summed E-state index contributed by atoms with van der Waals surface area (Å²) in [5.41, 5.74) is 0.238.